The number of aromatic amines is 2. The summed E-state index contributed by atoms with van der Waals surface area (Å²) in [6.45, 7) is 0. The minimum Gasteiger partial charge on any atom is -0.423 e. The van der Waals surface area contributed by atoms with Crippen molar-refractivity contribution < 1.29 is 20.1 Å². The van der Waals surface area contributed by atoms with Gasteiger partial charge < -0.3 is 30.1 Å². The molecule has 0 amide bonds. The van der Waals surface area contributed by atoms with Gasteiger partial charge >= 0.3 is 14.2 Å². The highest BCUT2D eigenvalue weighted by Crippen LogP contribution is 2.24. The number of H-pyrrole nitrogens is 2. The predicted octanol–water partition coefficient (Wildman–Crippen LogP) is 2.00. The molecule has 4 aromatic carbocycles. The Morgan fingerprint density at radius 3 is 1.22 bits per heavy atom. The third-order valence-electron chi connectivity index (χ3n) is 5.66. The highest BCUT2D eigenvalue weighted by Gasteiger charge is 2.13. The van der Waals surface area contributed by atoms with Crippen LogP contribution in [0, 0.1) is 0 Å². The van der Waals surface area contributed by atoms with Gasteiger partial charge in [-0.15, -0.1) is 0 Å². The van der Waals surface area contributed by atoms with E-state index >= 15 is 0 Å². The predicted molar refractivity (Wildman–Crippen MR) is 131 cm³/mol. The highest BCUT2D eigenvalue weighted by atomic mass is 16.4. The van der Waals surface area contributed by atoms with E-state index in [1.165, 1.54) is 0 Å². The van der Waals surface area contributed by atoms with Crippen LogP contribution in [0.15, 0.2) is 84.9 Å². The van der Waals surface area contributed by atoms with Gasteiger partial charge in [-0.1, -0.05) is 60.7 Å². The van der Waals surface area contributed by atoms with E-state index in [9.17, 15) is 0 Å². The van der Waals surface area contributed by atoms with E-state index in [1.54, 1.807) is 24.3 Å². The average Bonchev–Trinajstić information content (AvgIpc) is 3.36. The summed E-state index contributed by atoms with van der Waals surface area (Å²) < 4.78 is 0. The Bertz CT molecular complexity index is 1440. The molecule has 0 radical (unpaired) electrons. The molecule has 0 unspecified atom stereocenters. The van der Waals surface area contributed by atoms with Crippen molar-refractivity contribution in [3.05, 3.63) is 84.9 Å². The van der Waals surface area contributed by atoms with Crippen molar-refractivity contribution in [3.8, 4) is 0 Å². The van der Waals surface area contributed by atoms with Crippen molar-refractivity contribution in [1.29, 1.82) is 0 Å². The number of hydrogen-bond donors (Lipinski definition) is 6. The topological polar surface area (TPSA) is 112 Å². The molecule has 0 aliphatic heterocycles. The molecule has 0 spiro atoms. The number of aromatic nitrogens is 2. The molecule has 6 rings (SSSR count). The van der Waals surface area contributed by atoms with Crippen LogP contribution < -0.4 is 10.9 Å². The van der Waals surface area contributed by atoms with Crippen LogP contribution in [0.5, 0.6) is 0 Å². The summed E-state index contributed by atoms with van der Waals surface area (Å²) in [6.07, 6.45) is 0. The quantitative estimate of drug-likeness (QED) is 0.240. The van der Waals surface area contributed by atoms with Crippen LogP contribution in [0.1, 0.15) is 0 Å². The zero-order valence-corrected chi connectivity index (χ0v) is 17.0. The second-order valence-corrected chi connectivity index (χ2v) is 7.70. The first-order chi connectivity index (χ1) is 15.5. The normalized spacial score (nSPS) is 11.1. The summed E-state index contributed by atoms with van der Waals surface area (Å²) in [5.74, 6) is 0. The maximum atomic E-state index is 9.14. The number of para-hydroxylation sites is 2. The van der Waals surface area contributed by atoms with Gasteiger partial charge in [0, 0.05) is 43.6 Å². The lowest BCUT2D eigenvalue weighted by molar-refractivity contribution is 0.424. The fourth-order valence-electron chi connectivity index (χ4n) is 4.05. The van der Waals surface area contributed by atoms with Gasteiger partial charge in [0.1, 0.15) is 0 Å². The molecule has 0 aliphatic rings. The van der Waals surface area contributed by atoms with Gasteiger partial charge in [-0.25, -0.2) is 0 Å². The van der Waals surface area contributed by atoms with Crippen LogP contribution in [0.2, 0.25) is 0 Å². The minimum atomic E-state index is -1.42. The Morgan fingerprint density at radius 2 is 0.812 bits per heavy atom. The van der Waals surface area contributed by atoms with E-state index in [4.69, 9.17) is 20.1 Å². The van der Waals surface area contributed by atoms with Gasteiger partial charge in [-0.2, -0.15) is 0 Å². The van der Waals surface area contributed by atoms with E-state index in [1.807, 2.05) is 60.7 Å². The number of rotatable bonds is 2. The molecular weight excluding hydrogens is 402 g/mol. The van der Waals surface area contributed by atoms with E-state index in [0.29, 0.717) is 10.9 Å². The molecule has 0 atom stereocenters. The highest BCUT2D eigenvalue weighted by molar-refractivity contribution is 6.59. The molecule has 32 heavy (non-hydrogen) atoms. The smallest absolute Gasteiger partial charge is 0.423 e. The standard InChI is InChI=1S/2C12H10BNO2/c2*15-13(16)8-5-6-12-10(7-8)9-3-1-2-4-11(9)14-12/h2*1-7,14-16H. The van der Waals surface area contributed by atoms with E-state index in [-0.39, 0.29) is 0 Å². The van der Waals surface area contributed by atoms with Crippen molar-refractivity contribution in [2.45, 2.75) is 0 Å². The first kappa shape index (κ1) is 20.4. The van der Waals surface area contributed by atoms with Gasteiger partial charge in [-0.05, 0) is 35.2 Å². The van der Waals surface area contributed by atoms with Gasteiger partial charge in [0.25, 0.3) is 0 Å². The average molecular weight is 422 g/mol. The third-order valence-corrected chi connectivity index (χ3v) is 5.66. The summed E-state index contributed by atoms with van der Waals surface area (Å²) in [4.78, 5) is 6.56. The maximum absolute atomic E-state index is 9.14. The number of nitrogens with one attached hydrogen (secondary N) is 2. The Kier molecular flexibility index (Phi) is 5.20. The molecule has 8 heteroatoms. The zero-order chi connectivity index (χ0) is 22.2. The van der Waals surface area contributed by atoms with Crippen LogP contribution in [0.3, 0.4) is 0 Å². The van der Waals surface area contributed by atoms with E-state index < -0.39 is 14.2 Å². The van der Waals surface area contributed by atoms with Crippen molar-refractivity contribution in [2.75, 3.05) is 0 Å². The first-order valence-electron chi connectivity index (χ1n) is 10.2. The van der Waals surface area contributed by atoms with Crippen LogP contribution >= 0.6 is 0 Å². The van der Waals surface area contributed by atoms with Crippen molar-refractivity contribution in [1.82, 2.24) is 9.97 Å². The molecular formula is C24H20B2N2O4. The molecule has 6 nitrogen and oxygen atoms in total. The van der Waals surface area contributed by atoms with Crippen LogP contribution in [-0.4, -0.2) is 44.3 Å². The molecule has 0 saturated carbocycles. The molecule has 0 bridgehead atoms. The molecule has 156 valence electrons. The number of hydrogen-bond acceptors (Lipinski definition) is 4. The van der Waals surface area contributed by atoms with Gasteiger partial charge in [0.15, 0.2) is 0 Å². The lowest BCUT2D eigenvalue weighted by Gasteiger charge is -1.98. The Balaban J connectivity index is 0.000000135. The van der Waals surface area contributed by atoms with Crippen LogP contribution in [0.4, 0.5) is 0 Å². The summed E-state index contributed by atoms with van der Waals surface area (Å²) >= 11 is 0. The second-order valence-electron chi connectivity index (χ2n) is 7.70. The molecule has 0 aliphatic carbocycles. The van der Waals surface area contributed by atoms with E-state index in [0.717, 1.165) is 43.6 Å². The van der Waals surface area contributed by atoms with Gasteiger partial charge in [0.05, 0.1) is 0 Å². The van der Waals surface area contributed by atoms with Crippen molar-refractivity contribution >= 4 is 68.8 Å². The Labute approximate surface area is 184 Å². The summed E-state index contributed by atoms with van der Waals surface area (Å²) in [7, 11) is -2.84. The largest absolute Gasteiger partial charge is 0.488 e. The van der Waals surface area contributed by atoms with Crippen LogP contribution in [0.25, 0.3) is 43.6 Å². The van der Waals surface area contributed by atoms with Gasteiger partial charge in [-0.3, -0.25) is 0 Å². The Morgan fingerprint density at radius 1 is 0.438 bits per heavy atom. The lowest BCUT2D eigenvalue weighted by atomic mass is 9.80. The molecule has 2 heterocycles. The van der Waals surface area contributed by atoms with E-state index in [2.05, 4.69) is 9.97 Å². The third kappa shape index (κ3) is 3.66. The summed E-state index contributed by atoms with van der Waals surface area (Å²) in [6, 6.07) is 26.7. The van der Waals surface area contributed by atoms with Crippen molar-refractivity contribution in [2.24, 2.45) is 0 Å². The molecule has 6 aromatic rings. The summed E-state index contributed by atoms with van der Waals surface area (Å²) in [5, 5.41) is 40.8. The molecule has 6 N–H and O–H groups in total. The zero-order valence-electron chi connectivity index (χ0n) is 17.0. The SMILES string of the molecule is OB(O)c1ccc2[nH]c3ccccc3c2c1.OB(O)c1ccc2[nH]c3ccccc3c2c1. The minimum absolute atomic E-state index is 0.511. The Hall–Kier alpha value is -3.55. The number of benzene rings is 4. The van der Waals surface area contributed by atoms with Crippen molar-refractivity contribution in [3.63, 3.8) is 0 Å². The van der Waals surface area contributed by atoms with Crippen LogP contribution in [-0.2, 0) is 0 Å². The fourth-order valence-corrected chi connectivity index (χ4v) is 4.05. The molecule has 0 fully saturated rings. The molecule has 0 saturated heterocycles. The lowest BCUT2D eigenvalue weighted by Crippen LogP contribution is -2.29. The van der Waals surface area contributed by atoms with Gasteiger partial charge in [0.2, 0.25) is 0 Å². The second kappa shape index (κ2) is 8.18. The fraction of sp³-hybridized carbons (Fsp3) is 0. The maximum Gasteiger partial charge on any atom is 0.488 e. The summed E-state index contributed by atoms with van der Waals surface area (Å²) in [5.41, 5.74) is 5.15. The monoisotopic (exact) mass is 422 g/mol. The number of fused-ring (bicyclic) bond motifs is 6. The molecule has 2 aromatic heterocycles. The first-order valence-corrected chi connectivity index (χ1v) is 10.2.